The first-order valence-corrected chi connectivity index (χ1v) is 7.61. The normalized spacial score (nSPS) is 11.1. The van der Waals surface area contributed by atoms with Crippen molar-refractivity contribution in [1.82, 2.24) is 19.7 Å². The Morgan fingerprint density at radius 1 is 1.09 bits per heavy atom. The second-order valence-corrected chi connectivity index (χ2v) is 5.94. The van der Waals surface area contributed by atoms with Crippen LogP contribution in [-0.4, -0.2) is 24.9 Å². The van der Waals surface area contributed by atoms with E-state index in [4.69, 9.17) is 0 Å². The molecule has 4 rings (SSSR count). The molecule has 1 aromatic carbocycles. The molecule has 6 heteroatoms. The van der Waals surface area contributed by atoms with Crippen LogP contribution in [0.2, 0.25) is 0 Å². The molecule has 0 unspecified atom stereocenters. The summed E-state index contributed by atoms with van der Waals surface area (Å²) in [4.78, 5) is 8.46. The summed E-state index contributed by atoms with van der Waals surface area (Å²) in [6.45, 7) is 0.721. The van der Waals surface area contributed by atoms with Crippen molar-refractivity contribution in [2.24, 2.45) is 0 Å². The number of hydrogen-bond acceptors (Lipinski definition) is 5. The molecule has 0 bridgehead atoms. The fourth-order valence-electron chi connectivity index (χ4n) is 2.29. The highest BCUT2D eigenvalue weighted by atomic mass is 32.1. The van der Waals surface area contributed by atoms with Gasteiger partial charge in [-0.1, -0.05) is 30.3 Å². The molecule has 0 saturated carbocycles. The van der Waals surface area contributed by atoms with Gasteiger partial charge in [-0.3, -0.25) is 9.67 Å². The highest BCUT2D eigenvalue weighted by Gasteiger charge is 2.11. The lowest BCUT2D eigenvalue weighted by atomic mass is 10.2. The Labute approximate surface area is 130 Å². The van der Waals surface area contributed by atoms with Gasteiger partial charge in [-0.2, -0.15) is 5.10 Å². The molecule has 0 aliphatic rings. The summed E-state index contributed by atoms with van der Waals surface area (Å²) < 4.78 is 2.63. The summed E-state index contributed by atoms with van der Waals surface area (Å²) in [7, 11) is 0. The third kappa shape index (κ3) is 2.33. The highest BCUT2D eigenvalue weighted by molar-refractivity contribution is 7.22. The molecule has 0 amide bonds. The first kappa shape index (κ1) is 13.0. The summed E-state index contributed by atoms with van der Waals surface area (Å²) in [5, 5.41) is 15.0. The summed E-state index contributed by atoms with van der Waals surface area (Å²) in [6, 6.07) is 10.2. The van der Waals surface area contributed by atoms with Gasteiger partial charge in [0.1, 0.15) is 10.5 Å². The van der Waals surface area contributed by atoms with E-state index in [2.05, 4.69) is 27.2 Å². The van der Waals surface area contributed by atoms with Gasteiger partial charge in [-0.15, -0.1) is 11.3 Å². The zero-order valence-electron chi connectivity index (χ0n) is 11.5. The maximum atomic E-state index is 9.82. The van der Waals surface area contributed by atoms with Crippen LogP contribution in [0.4, 0.5) is 0 Å². The summed E-state index contributed by atoms with van der Waals surface area (Å²) in [5.74, 6) is 0.165. The van der Waals surface area contributed by atoms with Crippen molar-refractivity contribution in [3.05, 3.63) is 60.7 Å². The molecule has 0 fully saturated rings. The molecule has 0 saturated heterocycles. The molecule has 108 valence electrons. The van der Waals surface area contributed by atoms with Gasteiger partial charge in [0.2, 0.25) is 0 Å². The number of pyridine rings is 1. The van der Waals surface area contributed by atoms with Crippen molar-refractivity contribution >= 4 is 21.6 Å². The van der Waals surface area contributed by atoms with Crippen molar-refractivity contribution in [2.75, 3.05) is 0 Å². The van der Waals surface area contributed by atoms with Crippen molar-refractivity contribution in [1.29, 1.82) is 0 Å². The standard InChI is InChI=1S/C16H12N4OS/c21-14-8-17-7-13-15(14)22-16(19-13)12-6-18-20(10-12)9-11-4-2-1-3-5-11/h1-8,10,21H,9H2. The molecule has 1 N–H and O–H groups in total. The third-order valence-corrected chi connectivity index (χ3v) is 4.49. The fourth-order valence-corrected chi connectivity index (χ4v) is 3.22. The smallest absolute Gasteiger partial charge is 0.153 e. The van der Waals surface area contributed by atoms with Crippen LogP contribution < -0.4 is 0 Å². The predicted molar refractivity (Wildman–Crippen MR) is 85.8 cm³/mol. The number of hydrogen-bond donors (Lipinski definition) is 1. The van der Waals surface area contributed by atoms with Crippen LogP contribution in [0.3, 0.4) is 0 Å². The average molecular weight is 308 g/mol. The Balaban J connectivity index is 1.66. The minimum absolute atomic E-state index is 0.165. The zero-order valence-corrected chi connectivity index (χ0v) is 12.4. The van der Waals surface area contributed by atoms with Crippen LogP contribution in [0.5, 0.6) is 5.75 Å². The van der Waals surface area contributed by atoms with Crippen LogP contribution in [0.15, 0.2) is 55.1 Å². The molecule has 0 aliphatic heterocycles. The van der Waals surface area contributed by atoms with Crippen molar-refractivity contribution < 1.29 is 5.11 Å². The van der Waals surface area contributed by atoms with Gasteiger partial charge < -0.3 is 5.11 Å². The number of nitrogens with zero attached hydrogens (tertiary/aromatic N) is 4. The number of aromatic hydroxyl groups is 1. The first-order valence-electron chi connectivity index (χ1n) is 6.80. The first-order chi connectivity index (χ1) is 10.8. The van der Waals surface area contributed by atoms with Gasteiger partial charge in [0.15, 0.2) is 5.75 Å². The molecule has 0 atom stereocenters. The van der Waals surface area contributed by atoms with E-state index in [1.807, 2.05) is 29.1 Å². The summed E-state index contributed by atoms with van der Waals surface area (Å²) >= 11 is 1.44. The van der Waals surface area contributed by atoms with Gasteiger partial charge in [-0.05, 0) is 5.56 Å². The Morgan fingerprint density at radius 3 is 2.77 bits per heavy atom. The molecule has 5 nitrogen and oxygen atoms in total. The maximum Gasteiger partial charge on any atom is 0.153 e. The van der Waals surface area contributed by atoms with Crippen LogP contribution in [-0.2, 0) is 6.54 Å². The highest BCUT2D eigenvalue weighted by Crippen LogP contribution is 2.34. The van der Waals surface area contributed by atoms with Gasteiger partial charge in [0, 0.05) is 11.8 Å². The lowest BCUT2D eigenvalue weighted by Crippen LogP contribution is -1.99. The van der Waals surface area contributed by atoms with E-state index < -0.39 is 0 Å². The second kappa shape index (κ2) is 5.23. The van der Waals surface area contributed by atoms with Gasteiger partial charge in [0.25, 0.3) is 0 Å². The van der Waals surface area contributed by atoms with E-state index in [9.17, 15) is 5.11 Å². The fraction of sp³-hybridized carbons (Fsp3) is 0.0625. The number of thiazole rings is 1. The van der Waals surface area contributed by atoms with E-state index >= 15 is 0 Å². The molecule has 4 aromatic rings. The summed E-state index contributed by atoms with van der Waals surface area (Å²) in [5.41, 5.74) is 2.84. The van der Waals surface area contributed by atoms with Crippen LogP contribution in [0.1, 0.15) is 5.56 Å². The third-order valence-electron chi connectivity index (χ3n) is 3.35. The van der Waals surface area contributed by atoms with Gasteiger partial charge in [0.05, 0.1) is 29.8 Å². The number of aromatic nitrogens is 4. The van der Waals surface area contributed by atoms with E-state index in [1.165, 1.54) is 23.1 Å². The molecule has 0 spiro atoms. The Morgan fingerprint density at radius 2 is 1.95 bits per heavy atom. The maximum absolute atomic E-state index is 9.82. The minimum atomic E-state index is 0.165. The summed E-state index contributed by atoms with van der Waals surface area (Å²) in [6.07, 6.45) is 6.85. The van der Waals surface area contributed by atoms with Crippen molar-refractivity contribution in [3.63, 3.8) is 0 Å². The average Bonchev–Trinajstić information content (AvgIpc) is 3.15. The largest absolute Gasteiger partial charge is 0.505 e. The van der Waals surface area contributed by atoms with Gasteiger partial charge in [-0.25, -0.2) is 4.98 Å². The van der Waals surface area contributed by atoms with E-state index in [-0.39, 0.29) is 5.75 Å². The minimum Gasteiger partial charge on any atom is -0.505 e. The number of rotatable bonds is 3. The quantitative estimate of drug-likeness (QED) is 0.630. The van der Waals surface area contributed by atoms with E-state index in [1.54, 1.807) is 12.4 Å². The topological polar surface area (TPSA) is 63.8 Å². The SMILES string of the molecule is Oc1cncc2nc(-c3cnn(Cc4ccccc4)c3)sc12. The Bertz CT molecular complexity index is 930. The van der Waals surface area contributed by atoms with Crippen LogP contribution in [0, 0.1) is 0 Å². The molecular formula is C16H12N4OS. The Hall–Kier alpha value is -2.73. The Kier molecular flexibility index (Phi) is 3.08. The van der Waals surface area contributed by atoms with Gasteiger partial charge >= 0.3 is 0 Å². The molecular weight excluding hydrogens is 296 g/mol. The van der Waals surface area contributed by atoms with E-state index in [0.717, 1.165) is 21.8 Å². The molecule has 3 heterocycles. The van der Waals surface area contributed by atoms with Crippen LogP contribution >= 0.6 is 11.3 Å². The molecule has 3 aromatic heterocycles. The lowest BCUT2D eigenvalue weighted by Gasteiger charge is -2.00. The predicted octanol–water partition coefficient (Wildman–Crippen LogP) is 3.31. The van der Waals surface area contributed by atoms with Crippen LogP contribution in [0.25, 0.3) is 20.8 Å². The number of fused-ring (bicyclic) bond motifs is 1. The lowest BCUT2D eigenvalue weighted by molar-refractivity contribution is 0.480. The monoisotopic (exact) mass is 308 g/mol. The molecule has 0 radical (unpaired) electrons. The van der Waals surface area contributed by atoms with Crippen molar-refractivity contribution in [3.8, 4) is 16.3 Å². The second-order valence-electron chi connectivity index (χ2n) is 4.94. The van der Waals surface area contributed by atoms with E-state index in [0.29, 0.717) is 5.52 Å². The van der Waals surface area contributed by atoms with Crippen molar-refractivity contribution in [2.45, 2.75) is 6.54 Å². The number of benzene rings is 1. The molecule has 0 aliphatic carbocycles. The zero-order chi connectivity index (χ0) is 14.9. The molecule has 22 heavy (non-hydrogen) atoms.